The number of nitrogens with zero attached hydrogens (tertiary/aromatic N) is 1. The second-order valence-corrected chi connectivity index (χ2v) is 5.85. The number of hydrogen-bond donors (Lipinski definition) is 1. The molecule has 1 heterocycles. The topological polar surface area (TPSA) is 41.6 Å². The molecule has 1 amide bonds. The summed E-state index contributed by atoms with van der Waals surface area (Å²) in [5.74, 6) is 0.798. The number of benzene rings is 2. The Morgan fingerprint density at radius 3 is 2.75 bits per heavy atom. The fourth-order valence-electron chi connectivity index (χ4n) is 2.77. The van der Waals surface area contributed by atoms with Crippen LogP contribution < -0.4 is 10.1 Å². The van der Waals surface area contributed by atoms with Crippen LogP contribution in [0.2, 0.25) is 0 Å². The van der Waals surface area contributed by atoms with Crippen molar-refractivity contribution in [1.82, 2.24) is 10.2 Å². The third-order valence-corrected chi connectivity index (χ3v) is 4.09. The van der Waals surface area contributed by atoms with E-state index in [0.29, 0.717) is 12.2 Å². The lowest BCUT2D eigenvalue weighted by molar-refractivity contribution is 0.0655. The summed E-state index contributed by atoms with van der Waals surface area (Å²) in [7, 11) is 0. The first-order valence-electron chi connectivity index (χ1n) is 8.02. The van der Waals surface area contributed by atoms with Crippen LogP contribution in [0.25, 0.3) is 0 Å². The molecule has 0 aliphatic carbocycles. The summed E-state index contributed by atoms with van der Waals surface area (Å²) in [5, 5.41) is 3.30. The van der Waals surface area contributed by atoms with E-state index in [0.717, 1.165) is 30.9 Å². The number of rotatable bonds is 4. The number of nitrogens with one attached hydrogen (secondary N) is 1. The Labute approximate surface area is 149 Å². The molecule has 24 heavy (non-hydrogen) atoms. The van der Waals surface area contributed by atoms with Crippen LogP contribution in [0, 0.1) is 0 Å². The maximum absolute atomic E-state index is 12.7. The molecule has 1 atom stereocenters. The molecule has 0 radical (unpaired) electrons. The van der Waals surface area contributed by atoms with Gasteiger partial charge in [0.1, 0.15) is 12.4 Å². The number of amides is 1. The summed E-state index contributed by atoms with van der Waals surface area (Å²) in [6.07, 6.45) is 0. The maximum atomic E-state index is 12.7. The molecular formula is C19H23ClN2O2. The SMILES string of the molecule is C[C@@H]1CNCCN1C(=O)c1cccc(OCc2ccccc2)c1.Cl. The van der Waals surface area contributed by atoms with Crippen molar-refractivity contribution in [3.8, 4) is 5.75 Å². The smallest absolute Gasteiger partial charge is 0.254 e. The van der Waals surface area contributed by atoms with E-state index in [1.807, 2.05) is 59.5 Å². The van der Waals surface area contributed by atoms with Crippen LogP contribution in [0.1, 0.15) is 22.8 Å². The van der Waals surface area contributed by atoms with Crippen LogP contribution in [0.5, 0.6) is 5.75 Å². The Morgan fingerprint density at radius 2 is 2.00 bits per heavy atom. The number of ether oxygens (including phenoxy) is 1. The Bertz CT molecular complexity index is 663. The molecule has 128 valence electrons. The molecule has 0 aromatic heterocycles. The zero-order valence-electron chi connectivity index (χ0n) is 13.8. The molecule has 2 aromatic carbocycles. The predicted molar refractivity (Wildman–Crippen MR) is 97.8 cm³/mol. The van der Waals surface area contributed by atoms with Crippen molar-refractivity contribution >= 4 is 18.3 Å². The van der Waals surface area contributed by atoms with Gasteiger partial charge in [0, 0.05) is 31.2 Å². The van der Waals surface area contributed by atoms with Gasteiger partial charge in [-0.1, -0.05) is 36.4 Å². The van der Waals surface area contributed by atoms with Crippen LogP contribution in [0.4, 0.5) is 0 Å². The van der Waals surface area contributed by atoms with E-state index in [-0.39, 0.29) is 24.4 Å². The van der Waals surface area contributed by atoms with Gasteiger partial charge in [-0.25, -0.2) is 0 Å². The molecule has 0 unspecified atom stereocenters. The molecule has 2 aromatic rings. The van der Waals surface area contributed by atoms with Crippen LogP contribution in [-0.2, 0) is 6.61 Å². The molecule has 5 heteroatoms. The van der Waals surface area contributed by atoms with Crippen molar-refractivity contribution in [2.45, 2.75) is 19.6 Å². The molecule has 0 spiro atoms. The summed E-state index contributed by atoms with van der Waals surface area (Å²) < 4.78 is 5.81. The van der Waals surface area contributed by atoms with Crippen LogP contribution in [0.15, 0.2) is 54.6 Å². The molecule has 4 nitrogen and oxygen atoms in total. The third-order valence-electron chi connectivity index (χ3n) is 4.09. The third kappa shape index (κ3) is 4.49. The van der Waals surface area contributed by atoms with Gasteiger partial charge in [-0.15, -0.1) is 12.4 Å². The van der Waals surface area contributed by atoms with E-state index in [2.05, 4.69) is 12.2 Å². The highest BCUT2D eigenvalue weighted by Gasteiger charge is 2.24. The zero-order valence-corrected chi connectivity index (χ0v) is 14.6. The summed E-state index contributed by atoms with van der Waals surface area (Å²) in [4.78, 5) is 14.6. The summed E-state index contributed by atoms with van der Waals surface area (Å²) in [6.45, 7) is 5.01. The Hall–Kier alpha value is -2.04. The molecule has 1 fully saturated rings. The number of halogens is 1. The van der Waals surface area contributed by atoms with Crippen LogP contribution >= 0.6 is 12.4 Å². The van der Waals surface area contributed by atoms with E-state index in [1.54, 1.807) is 0 Å². The number of carbonyl (C=O) groups excluding carboxylic acids is 1. The van der Waals surface area contributed by atoms with Gasteiger partial charge >= 0.3 is 0 Å². The average molecular weight is 347 g/mol. The second kappa shape index (κ2) is 8.71. The number of hydrogen-bond acceptors (Lipinski definition) is 3. The Morgan fingerprint density at radius 1 is 1.21 bits per heavy atom. The van der Waals surface area contributed by atoms with Gasteiger partial charge in [0.2, 0.25) is 0 Å². The van der Waals surface area contributed by atoms with Gasteiger partial charge in [0.15, 0.2) is 0 Å². The van der Waals surface area contributed by atoms with Gasteiger partial charge in [-0.05, 0) is 30.7 Å². The maximum Gasteiger partial charge on any atom is 0.254 e. The van der Waals surface area contributed by atoms with Gasteiger partial charge in [0.05, 0.1) is 0 Å². The lowest BCUT2D eigenvalue weighted by atomic mass is 10.1. The van der Waals surface area contributed by atoms with Gasteiger partial charge in [-0.2, -0.15) is 0 Å². The summed E-state index contributed by atoms with van der Waals surface area (Å²) >= 11 is 0. The van der Waals surface area contributed by atoms with Crippen molar-refractivity contribution in [3.05, 3.63) is 65.7 Å². The standard InChI is InChI=1S/C19H22N2O2.ClH/c1-15-13-20-10-11-21(15)19(22)17-8-5-9-18(12-17)23-14-16-6-3-2-4-7-16;/h2-9,12,15,20H,10-11,13-14H2,1H3;1H/t15-;/m1./s1. The van der Waals surface area contributed by atoms with E-state index in [9.17, 15) is 4.79 Å². The molecule has 1 N–H and O–H groups in total. The zero-order chi connectivity index (χ0) is 16.1. The average Bonchev–Trinajstić information content (AvgIpc) is 2.61. The number of carbonyl (C=O) groups is 1. The van der Waals surface area contributed by atoms with E-state index >= 15 is 0 Å². The first-order valence-corrected chi connectivity index (χ1v) is 8.02. The van der Waals surface area contributed by atoms with Crippen molar-refractivity contribution in [1.29, 1.82) is 0 Å². The van der Waals surface area contributed by atoms with Crippen molar-refractivity contribution in [2.75, 3.05) is 19.6 Å². The number of piperazine rings is 1. The molecule has 1 aliphatic rings. The van der Waals surface area contributed by atoms with E-state index in [1.165, 1.54) is 0 Å². The minimum atomic E-state index is 0. The Kier molecular flexibility index (Phi) is 6.64. The van der Waals surface area contributed by atoms with Crippen LogP contribution in [0.3, 0.4) is 0 Å². The first kappa shape index (κ1) is 18.3. The largest absolute Gasteiger partial charge is 0.489 e. The highest BCUT2D eigenvalue weighted by atomic mass is 35.5. The lowest BCUT2D eigenvalue weighted by Gasteiger charge is -2.34. The molecule has 3 rings (SSSR count). The summed E-state index contributed by atoms with van der Waals surface area (Å²) in [5.41, 5.74) is 1.80. The molecule has 1 aliphatic heterocycles. The van der Waals surface area contributed by atoms with E-state index < -0.39 is 0 Å². The first-order chi connectivity index (χ1) is 11.2. The van der Waals surface area contributed by atoms with Gasteiger partial charge in [0.25, 0.3) is 5.91 Å². The van der Waals surface area contributed by atoms with Gasteiger partial charge < -0.3 is 15.0 Å². The minimum absolute atomic E-state index is 0. The fraction of sp³-hybridized carbons (Fsp3) is 0.316. The second-order valence-electron chi connectivity index (χ2n) is 5.85. The molecule has 0 bridgehead atoms. The van der Waals surface area contributed by atoms with Crippen molar-refractivity contribution in [2.24, 2.45) is 0 Å². The van der Waals surface area contributed by atoms with Crippen molar-refractivity contribution < 1.29 is 9.53 Å². The Balaban J connectivity index is 0.00000208. The molecule has 1 saturated heterocycles. The molecular weight excluding hydrogens is 324 g/mol. The monoisotopic (exact) mass is 346 g/mol. The minimum Gasteiger partial charge on any atom is -0.489 e. The lowest BCUT2D eigenvalue weighted by Crippen LogP contribution is -2.52. The normalized spacial score (nSPS) is 17.0. The van der Waals surface area contributed by atoms with Crippen molar-refractivity contribution in [3.63, 3.8) is 0 Å². The van der Waals surface area contributed by atoms with Gasteiger partial charge in [-0.3, -0.25) is 4.79 Å². The van der Waals surface area contributed by atoms with E-state index in [4.69, 9.17) is 4.74 Å². The highest BCUT2D eigenvalue weighted by Crippen LogP contribution is 2.18. The highest BCUT2D eigenvalue weighted by molar-refractivity contribution is 5.94. The fourth-order valence-corrected chi connectivity index (χ4v) is 2.77. The van der Waals surface area contributed by atoms with Crippen LogP contribution in [-0.4, -0.2) is 36.5 Å². The quantitative estimate of drug-likeness (QED) is 0.924. The summed E-state index contributed by atoms with van der Waals surface area (Å²) in [6, 6.07) is 17.7. The predicted octanol–water partition coefficient (Wildman–Crippen LogP) is 3.12. The molecule has 0 saturated carbocycles.